The first-order valence-corrected chi connectivity index (χ1v) is 7.31. The summed E-state index contributed by atoms with van der Waals surface area (Å²) in [5.74, 6) is 0. The molecule has 1 aromatic rings. The Bertz CT molecular complexity index is 377. The molecule has 2 rings (SSSR count). The lowest BCUT2D eigenvalue weighted by atomic mass is 10.1. The number of hydrogen-bond donors (Lipinski definition) is 1. The van der Waals surface area contributed by atoms with Crippen LogP contribution in [0, 0.1) is 0 Å². The Kier molecular flexibility index (Phi) is 5.36. The van der Waals surface area contributed by atoms with E-state index >= 15 is 0 Å². The highest BCUT2D eigenvalue weighted by Gasteiger charge is 2.30. The number of morpholine rings is 1. The van der Waals surface area contributed by atoms with Crippen molar-refractivity contribution in [3.05, 3.63) is 18.0 Å². The van der Waals surface area contributed by atoms with E-state index in [2.05, 4.69) is 35.2 Å². The van der Waals surface area contributed by atoms with Crippen LogP contribution >= 0.6 is 0 Å². The third-order valence-corrected chi connectivity index (χ3v) is 3.69. The fraction of sp³-hybridized carbons (Fsp3) is 0.786. The van der Waals surface area contributed by atoms with Gasteiger partial charge in [-0.15, -0.1) is 0 Å². The second-order valence-electron chi connectivity index (χ2n) is 5.12. The minimum absolute atomic E-state index is 0.204. The van der Waals surface area contributed by atoms with E-state index < -0.39 is 0 Å². The molecule has 2 atom stereocenters. The van der Waals surface area contributed by atoms with Crippen LogP contribution in [0.3, 0.4) is 0 Å². The quantitative estimate of drug-likeness (QED) is 0.839. The molecule has 0 spiro atoms. The molecule has 1 aliphatic rings. The SMILES string of the molecule is CCCN1CCOC(C(NCC)c2ccnn2C)C1. The highest BCUT2D eigenvalue weighted by Crippen LogP contribution is 2.22. The molecule has 5 heteroatoms. The zero-order valence-corrected chi connectivity index (χ0v) is 12.3. The molecule has 0 radical (unpaired) electrons. The van der Waals surface area contributed by atoms with Gasteiger partial charge < -0.3 is 10.1 Å². The lowest BCUT2D eigenvalue weighted by Gasteiger charge is -2.37. The normalized spacial score (nSPS) is 22.6. The Morgan fingerprint density at radius 2 is 2.37 bits per heavy atom. The van der Waals surface area contributed by atoms with Crippen molar-refractivity contribution in [2.24, 2.45) is 7.05 Å². The van der Waals surface area contributed by atoms with Crippen LogP contribution in [0.25, 0.3) is 0 Å². The maximum Gasteiger partial charge on any atom is 0.0912 e. The summed E-state index contributed by atoms with van der Waals surface area (Å²) in [5.41, 5.74) is 1.20. The van der Waals surface area contributed by atoms with Crippen molar-refractivity contribution in [3.63, 3.8) is 0 Å². The molecule has 5 nitrogen and oxygen atoms in total. The Morgan fingerprint density at radius 1 is 1.53 bits per heavy atom. The van der Waals surface area contributed by atoms with E-state index in [-0.39, 0.29) is 12.1 Å². The monoisotopic (exact) mass is 266 g/mol. The number of nitrogens with zero attached hydrogens (tertiary/aromatic N) is 3. The molecule has 0 aromatic carbocycles. The topological polar surface area (TPSA) is 42.3 Å². The summed E-state index contributed by atoms with van der Waals surface area (Å²) in [6.07, 6.45) is 3.26. The maximum atomic E-state index is 6.00. The standard InChI is InChI=1S/C14H26N4O/c1-4-8-18-9-10-19-13(11-18)14(15-5-2)12-6-7-16-17(12)3/h6-7,13-15H,4-5,8-11H2,1-3H3. The number of rotatable bonds is 6. The second kappa shape index (κ2) is 7.03. The third-order valence-electron chi connectivity index (χ3n) is 3.69. The average molecular weight is 266 g/mol. The fourth-order valence-corrected chi connectivity index (χ4v) is 2.79. The lowest BCUT2D eigenvalue weighted by molar-refractivity contribution is -0.0480. The minimum Gasteiger partial charge on any atom is -0.374 e. The van der Waals surface area contributed by atoms with Gasteiger partial charge in [0.25, 0.3) is 0 Å². The zero-order chi connectivity index (χ0) is 13.7. The van der Waals surface area contributed by atoms with Gasteiger partial charge >= 0.3 is 0 Å². The highest BCUT2D eigenvalue weighted by atomic mass is 16.5. The van der Waals surface area contributed by atoms with E-state index in [4.69, 9.17) is 4.74 Å². The van der Waals surface area contributed by atoms with Crippen LogP contribution in [0.15, 0.2) is 12.3 Å². The van der Waals surface area contributed by atoms with Crippen molar-refractivity contribution in [3.8, 4) is 0 Å². The van der Waals surface area contributed by atoms with E-state index in [1.165, 1.54) is 12.1 Å². The van der Waals surface area contributed by atoms with Gasteiger partial charge in [0.05, 0.1) is 24.4 Å². The molecule has 1 fully saturated rings. The number of nitrogens with one attached hydrogen (secondary N) is 1. The minimum atomic E-state index is 0.204. The molecule has 1 saturated heterocycles. The molecule has 0 bridgehead atoms. The van der Waals surface area contributed by atoms with Crippen molar-refractivity contribution in [1.82, 2.24) is 20.0 Å². The van der Waals surface area contributed by atoms with Gasteiger partial charge in [-0.1, -0.05) is 13.8 Å². The van der Waals surface area contributed by atoms with Gasteiger partial charge in [-0.05, 0) is 25.6 Å². The van der Waals surface area contributed by atoms with Crippen molar-refractivity contribution in [2.45, 2.75) is 32.4 Å². The van der Waals surface area contributed by atoms with Gasteiger partial charge in [0.2, 0.25) is 0 Å². The summed E-state index contributed by atoms with van der Waals surface area (Å²) < 4.78 is 7.94. The van der Waals surface area contributed by atoms with E-state index in [9.17, 15) is 0 Å². The number of aryl methyl sites for hydroxylation is 1. The van der Waals surface area contributed by atoms with Crippen LogP contribution < -0.4 is 5.32 Å². The molecular formula is C14H26N4O. The second-order valence-corrected chi connectivity index (χ2v) is 5.12. The first kappa shape index (κ1) is 14.5. The summed E-state index contributed by atoms with van der Waals surface area (Å²) in [6, 6.07) is 2.30. The van der Waals surface area contributed by atoms with Gasteiger partial charge in [-0.2, -0.15) is 5.10 Å². The van der Waals surface area contributed by atoms with Crippen LogP contribution in [-0.4, -0.2) is 53.6 Å². The molecule has 0 aliphatic carbocycles. The molecule has 1 N–H and O–H groups in total. The van der Waals surface area contributed by atoms with Gasteiger partial charge in [0.15, 0.2) is 0 Å². The molecule has 0 amide bonds. The van der Waals surface area contributed by atoms with Crippen LogP contribution in [-0.2, 0) is 11.8 Å². The lowest BCUT2D eigenvalue weighted by Crippen LogP contribution is -2.48. The molecule has 1 aromatic heterocycles. The van der Waals surface area contributed by atoms with Crippen molar-refractivity contribution in [2.75, 3.05) is 32.8 Å². The van der Waals surface area contributed by atoms with E-state index in [1.54, 1.807) is 0 Å². The number of likely N-dealkylation sites (N-methyl/N-ethyl adjacent to an activating group) is 1. The summed E-state index contributed by atoms with van der Waals surface area (Å²) in [5, 5.41) is 7.82. The predicted molar refractivity (Wildman–Crippen MR) is 76.1 cm³/mol. The van der Waals surface area contributed by atoms with Crippen LogP contribution in [0.5, 0.6) is 0 Å². The molecule has 19 heavy (non-hydrogen) atoms. The predicted octanol–water partition coefficient (Wildman–Crippen LogP) is 1.18. The zero-order valence-electron chi connectivity index (χ0n) is 12.3. The van der Waals surface area contributed by atoms with E-state index in [0.29, 0.717) is 0 Å². The van der Waals surface area contributed by atoms with Gasteiger partial charge in [0.1, 0.15) is 0 Å². The molecule has 108 valence electrons. The maximum absolute atomic E-state index is 6.00. The first-order chi connectivity index (χ1) is 9.26. The van der Waals surface area contributed by atoms with Crippen molar-refractivity contribution >= 4 is 0 Å². The Labute approximate surface area is 115 Å². The van der Waals surface area contributed by atoms with Crippen LogP contribution in [0.2, 0.25) is 0 Å². The molecule has 2 unspecified atom stereocenters. The number of ether oxygens (including phenoxy) is 1. The van der Waals surface area contributed by atoms with Crippen molar-refractivity contribution in [1.29, 1.82) is 0 Å². The Morgan fingerprint density at radius 3 is 3.00 bits per heavy atom. The Hall–Kier alpha value is -0.910. The highest BCUT2D eigenvalue weighted by molar-refractivity contribution is 5.09. The molecule has 1 aliphatic heterocycles. The summed E-state index contributed by atoms with van der Waals surface area (Å²) in [7, 11) is 1.99. The smallest absolute Gasteiger partial charge is 0.0912 e. The summed E-state index contributed by atoms with van der Waals surface area (Å²) >= 11 is 0. The van der Waals surface area contributed by atoms with Gasteiger partial charge in [-0.3, -0.25) is 9.58 Å². The van der Waals surface area contributed by atoms with Gasteiger partial charge in [0, 0.05) is 26.3 Å². The van der Waals surface area contributed by atoms with E-state index in [1.807, 2.05) is 17.9 Å². The largest absolute Gasteiger partial charge is 0.374 e. The summed E-state index contributed by atoms with van der Waals surface area (Å²) in [6.45, 7) is 9.33. The molecule has 2 heterocycles. The van der Waals surface area contributed by atoms with E-state index in [0.717, 1.165) is 32.8 Å². The van der Waals surface area contributed by atoms with Gasteiger partial charge in [-0.25, -0.2) is 0 Å². The molecular weight excluding hydrogens is 240 g/mol. The third kappa shape index (κ3) is 3.55. The van der Waals surface area contributed by atoms with Crippen molar-refractivity contribution < 1.29 is 4.74 Å². The number of hydrogen-bond acceptors (Lipinski definition) is 4. The number of aromatic nitrogens is 2. The van der Waals surface area contributed by atoms with Crippen LogP contribution in [0.1, 0.15) is 32.0 Å². The molecule has 0 saturated carbocycles. The first-order valence-electron chi connectivity index (χ1n) is 7.31. The Balaban J connectivity index is 2.08. The van der Waals surface area contributed by atoms with Crippen LogP contribution in [0.4, 0.5) is 0 Å². The fourth-order valence-electron chi connectivity index (χ4n) is 2.79. The summed E-state index contributed by atoms with van der Waals surface area (Å²) in [4.78, 5) is 2.49. The average Bonchev–Trinajstić information content (AvgIpc) is 2.83.